The van der Waals surface area contributed by atoms with Crippen LogP contribution in [0.25, 0.3) is 0 Å². The molecule has 1 heterocycles. The third-order valence-electron chi connectivity index (χ3n) is 2.49. The van der Waals surface area contributed by atoms with Gasteiger partial charge in [0.2, 0.25) is 17.2 Å². The molecule has 1 aromatic rings. The molecule has 0 aliphatic carbocycles. The highest BCUT2D eigenvalue weighted by Crippen LogP contribution is 2.17. The maximum atomic E-state index is 9.31. The fraction of sp³-hybridized carbons (Fsp3) is 0.700. The van der Waals surface area contributed by atoms with E-state index < -0.39 is 5.54 Å². The van der Waals surface area contributed by atoms with Gasteiger partial charge in [0.1, 0.15) is 0 Å². The molecule has 0 saturated heterocycles. The van der Waals surface area contributed by atoms with Crippen LogP contribution >= 0.6 is 11.6 Å². The predicted molar refractivity (Wildman–Crippen MR) is 68.4 cm³/mol. The summed E-state index contributed by atoms with van der Waals surface area (Å²) in [6.07, 6.45) is 0.739. The van der Waals surface area contributed by atoms with Gasteiger partial charge in [-0.3, -0.25) is 0 Å². The Hall–Kier alpha value is -1.14. The van der Waals surface area contributed by atoms with Crippen molar-refractivity contribution in [1.29, 1.82) is 0 Å². The van der Waals surface area contributed by atoms with E-state index in [0.29, 0.717) is 18.4 Å². The van der Waals surface area contributed by atoms with Gasteiger partial charge in [0.25, 0.3) is 0 Å². The molecule has 1 aromatic heterocycles. The van der Waals surface area contributed by atoms with E-state index in [-0.39, 0.29) is 11.9 Å². The minimum Gasteiger partial charge on any atom is -0.394 e. The van der Waals surface area contributed by atoms with Gasteiger partial charge in [0.05, 0.1) is 12.1 Å². The highest BCUT2D eigenvalue weighted by atomic mass is 35.5. The lowest BCUT2D eigenvalue weighted by Gasteiger charge is -2.27. The van der Waals surface area contributed by atoms with Crippen LogP contribution in [0.5, 0.6) is 0 Å². The van der Waals surface area contributed by atoms with Crippen molar-refractivity contribution >= 4 is 23.5 Å². The summed E-state index contributed by atoms with van der Waals surface area (Å²) < 4.78 is 0. The third kappa shape index (κ3) is 3.98. The van der Waals surface area contributed by atoms with Crippen molar-refractivity contribution in [1.82, 2.24) is 15.0 Å². The maximum absolute atomic E-state index is 9.31. The van der Waals surface area contributed by atoms with E-state index in [1.807, 2.05) is 20.8 Å². The Labute approximate surface area is 106 Å². The van der Waals surface area contributed by atoms with Crippen molar-refractivity contribution in [2.24, 2.45) is 0 Å². The van der Waals surface area contributed by atoms with Gasteiger partial charge in [-0.1, -0.05) is 6.92 Å². The molecule has 0 bridgehead atoms. The van der Waals surface area contributed by atoms with Gasteiger partial charge in [0, 0.05) is 6.54 Å². The molecule has 0 spiro atoms. The molecular weight excluding hydrogens is 242 g/mol. The zero-order valence-electron chi connectivity index (χ0n) is 10.3. The number of aromatic nitrogens is 3. The zero-order chi connectivity index (χ0) is 12.9. The second-order valence-corrected chi connectivity index (χ2v) is 4.32. The zero-order valence-corrected chi connectivity index (χ0v) is 11.0. The van der Waals surface area contributed by atoms with Crippen molar-refractivity contribution in [2.45, 2.75) is 32.7 Å². The number of hydrogen-bond donors (Lipinski definition) is 3. The number of nitrogens with one attached hydrogen (secondary N) is 2. The van der Waals surface area contributed by atoms with Crippen molar-refractivity contribution in [3.05, 3.63) is 5.28 Å². The van der Waals surface area contributed by atoms with Gasteiger partial charge in [-0.25, -0.2) is 0 Å². The van der Waals surface area contributed by atoms with Crippen LogP contribution in [0.1, 0.15) is 27.2 Å². The number of aliphatic hydroxyl groups is 1. The predicted octanol–water partition coefficient (Wildman–Crippen LogP) is 1.53. The van der Waals surface area contributed by atoms with E-state index in [1.54, 1.807) is 0 Å². The molecule has 0 amide bonds. The fourth-order valence-electron chi connectivity index (χ4n) is 1.15. The van der Waals surface area contributed by atoms with Crippen molar-refractivity contribution in [2.75, 3.05) is 23.8 Å². The van der Waals surface area contributed by atoms with Crippen LogP contribution in [0.4, 0.5) is 11.9 Å². The SMILES string of the molecule is CCNc1nc(Cl)nc(NC(C)(CC)CO)n1. The minimum absolute atomic E-state index is 0.0106. The van der Waals surface area contributed by atoms with Crippen LogP contribution < -0.4 is 10.6 Å². The van der Waals surface area contributed by atoms with E-state index in [4.69, 9.17) is 11.6 Å². The molecule has 17 heavy (non-hydrogen) atoms. The summed E-state index contributed by atoms with van der Waals surface area (Å²) in [5.41, 5.74) is -0.464. The Balaban J connectivity index is 2.90. The average Bonchev–Trinajstić information content (AvgIpc) is 2.28. The molecule has 1 unspecified atom stereocenters. The Bertz CT molecular complexity index is 370. The molecule has 0 aliphatic heterocycles. The maximum Gasteiger partial charge on any atom is 0.229 e. The van der Waals surface area contributed by atoms with E-state index in [1.165, 1.54) is 0 Å². The minimum atomic E-state index is -0.464. The quantitative estimate of drug-likeness (QED) is 0.719. The third-order valence-corrected chi connectivity index (χ3v) is 2.65. The molecule has 7 heteroatoms. The van der Waals surface area contributed by atoms with Crippen LogP contribution in [-0.2, 0) is 0 Å². The van der Waals surface area contributed by atoms with E-state index >= 15 is 0 Å². The topological polar surface area (TPSA) is 83.0 Å². The average molecular weight is 260 g/mol. The number of aliphatic hydroxyl groups excluding tert-OH is 1. The molecule has 0 saturated carbocycles. The lowest BCUT2D eigenvalue weighted by Crippen LogP contribution is -2.38. The molecule has 1 rings (SSSR count). The summed E-state index contributed by atoms with van der Waals surface area (Å²) in [7, 11) is 0. The normalized spacial score (nSPS) is 14.2. The van der Waals surface area contributed by atoms with Gasteiger partial charge >= 0.3 is 0 Å². The van der Waals surface area contributed by atoms with Gasteiger partial charge in [-0.05, 0) is 31.9 Å². The molecular formula is C10H18ClN5O. The largest absolute Gasteiger partial charge is 0.394 e. The lowest BCUT2D eigenvalue weighted by molar-refractivity contribution is 0.218. The summed E-state index contributed by atoms with van der Waals surface area (Å²) in [5, 5.41) is 15.4. The summed E-state index contributed by atoms with van der Waals surface area (Å²) >= 11 is 5.80. The Morgan fingerprint density at radius 1 is 1.24 bits per heavy atom. The highest BCUT2D eigenvalue weighted by molar-refractivity contribution is 6.28. The molecule has 96 valence electrons. The standard InChI is InChI=1S/C10H18ClN5O/c1-4-10(3,6-17)16-9-14-7(11)13-8(15-9)12-5-2/h17H,4-6H2,1-3H3,(H2,12,13,14,15,16). The summed E-state index contributed by atoms with van der Waals surface area (Å²) in [6, 6.07) is 0. The van der Waals surface area contributed by atoms with Crippen LogP contribution in [0.2, 0.25) is 5.28 Å². The molecule has 6 nitrogen and oxygen atoms in total. The highest BCUT2D eigenvalue weighted by Gasteiger charge is 2.22. The first-order chi connectivity index (χ1) is 8.03. The summed E-state index contributed by atoms with van der Waals surface area (Å²) in [4.78, 5) is 12.1. The van der Waals surface area contributed by atoms with E-state index in [2.05, 4.69) is 25.6 Å². The van der Waals surface area contributed by atoms with E-state index in [0.717, 1.165) is 6.42 Å². The molecule has 3 N–H and O–H groups in total. The molecule has 0 radical (unpaired) electrons. The molecule has 0 fully saturated rings. The number of halogens is 1. The summed E-state index contributed by atoms with van der Waals surface area (Å²) in [5.74, 6) is 0.783. The van der Waals surface area contributed by atoms with Crippen molar-refractivity contribution in [3.8, 4) is 0 Å². The first-order valence-electron chi connectivity index (χ1n) is 5.57. The van der Waals surface area contributed by atoms with Crippen LogP contribution in [0.15, 0.2) is 0 Å². The van der Waals surface area contributed by atoms with Crippen molar-refractivity contribution in [3.63, 3.8) is 0 Å². The first-order valence-corrected chi connectivity index (χ1v) is 5.95. The van der Waals surface area contributed by atoms with Gasteiger partial charge in [-0.2, -0.15) is 15.0 Å². The van der Waals surface area contributed by atoms with Gasteiger partial charge in [-0.15, -0.1) is 0 Å². The Morgan fingerprint density at radius 3 is 2.41 bits per heavy atom. The number of hydrogen-bond acceptors (Lipinski definition) is 6. The van der Waals surface area contributed by atoms with Gasteiger partial charge in [0.15, 0.2) is 0 Å². The smallest absolute Gasteiger partial charge is 0.229 e. The van der Waals surface area contributed by atoms with Crippen molar-refractivity contribution < 1.29 is 5.11 Å². The Morgan fingerprint density at radius 2 is 1.88 bits per heavy atom. The monoisotopic (exact) mass is 259 g/mol. The first kappa shape index (κ1) is 13.9. The summed E-state index contributed by atoms with van der Waals surface area (Å²) in [6.45, 7) is 6.48. The van der Waals surface area contributed by atoms with Crippen LogP contribution in [-0.4, -0.2) is 38.7 Å². The molecule has 0 aliphatic rings. The number of nitrogens with zero attached hydrogens (tertiary/aromatic N) is 3. The van der Waals surface area contributed by atoms with Crippen LogP contribution in [0, 0.1) is 0 Å². The fourth-order valence-corrected chi connectivity index (χ4v) is 1.31. The Kier molecular flexibility index (Phi) is 4.89. The second-order valence-electron chi connectivity index (χ2n) is 3.98. The van der Waals surface area contributed by atoms with Crippen LogP contribution in [0.3, 0.4) is 0 Å². The second kappa shape index (κ2) is 5.97. The van der Waals surface area contributed by atoms with E-state index in [9.17, 15) is 5.11 Å². The molecule has 1 atom stereocenters. The molecule has 0 aromatic carbocycles. The lowest BCUT2D eigenvalue weighted by atomic mass is 10.0. The number of rotatable bonds is 6. The number of anilines is 2. The van der Waals surface area contributed by atoms with Gasteiger partial charge < -0.3 is 15.7 Å².